The average Bonchev–Trinajstić information content (AvgIpc) is 3.06. The van der Waals surface area contributed by atoms with Crippen molar-refractivity contribution < 1.29 is 9.18 Å². The zero-order valence-corrected chi connectivity index (χ0v) is 15.0. The fourth-order valence-corrected chi connectivity index (χ4v) is 3.40. The summed E-state index contributed by atoms with van der Waals surface area (Å²) < 4.78 is 13.1. The Labute approximate surface area is 152 Å². The standard InChI is InChI=1S/C16H22ClFN4O.ClH/c17-14-9-12(1-2-15(14)18)20-16(23)11-21-5-7-22(8-6-21)13-3-4-19-10-13;/h1-2,9,13,19H,3-8,10-11H2,(H,20,23);1H. The molecule has 1 aromatic carbocycles. The molecule has 2 N–H and O–H groups in total. The van der Waals surface area contributed by atoms with E-state index in [2.05, 4.69) is 20.4 Å². The van der Waals surface area contributed by atoms with Crippen molar-refractivity contribution in [2.45, 2.75) is 12.5 Å². The predicted octanol–water partition coefficient (Wildman–Crippen LogP) is 1.82. The van der Waals surface area contributed by atoms with E-state index in [4.69, 9.17) is 11.6 Å². The Bertz CT molecular complexity index is 561. The summed E-state index contributed by atoms with van der Waals surface area (Å²) in [5.41, 5.74) is 0.525. The van der Waals surface area contributed by atoms with Gasteiger partial charge >= 0.3 is 0 Å². The minimum atomic E-state index is -0.484. The van der Waals surface area contributed by atoms with Crippen LogP contribution in [-0.2, 0) is 4.79 Å². The van der Waals surface area contributed by atoms with Gasteiger partial charge in [-0.05, 0) is 31.2 Å². The molecule has 2 saturated heterocycles. The molecule has 134 valence electrons. The summed E-state index contributed by atoms with van der Waals surface area (Å²) in [5, 5.41) is 6.18. The second-order valence-corrected chi connectivity index (χ2v) is 6.54. The lowest BCUT2D eigenvalue weighted by molar-refractivity contribution is -0.117. The number of benzene rings is 1. The molecule has 1 aromatic rings. The van der Waals surface area contributed by atoms with E-state index in [9.17, 15) is 9.18 Å². The summed E-state index contributed by atoms with van der Waals surface area (Å²) in [7, 11) is 0. The third kappa shape index (κ3) is 5.04. The number of carbonyl (C=O) groups is 1. The summed E-state index contributed by atoms with van der Waals surface area (Å²) in [6.45, 7) is 6.33. The molecule has 1 atom stereocenters. The van der Waals surface area contributed by atoms with E-state index >= 15 is 0 Å². The molecule has 0 aromatic heterocycles. The minimum absolute atomic E-state index is 0. The SMILES string of the molecule is Cl.O=C(CN1CCN(C2CCNC2)CC1)Nc1ccc(F)c(Cl)c1. The molecule has 0 bridgehead atoms. The quantitative estimate of drug-likeness (QED) is 0.841. The number of amides is 1. The van der Waals surface area contributed by atoms with Crippen LogP contribution in [0.3, 0.4) is 0 Å². The molecule has 24 heavy (non-hydrogen) atoms. The first-order chi connectivity index (χ1) is 11.1. The summed E-state index contributed by atoms with van der Waals surface area (Å²) >= 11 is 5.72. The molecule has 5 nitrogen and oxygen atoms in total. The number of hydrogen-bond donors (Lipinski definition) is 2. The van der Waals surface area contributed by atoms with Crippen molar-refractivity contribution in [2.75, 3.05) is 51.1 Å². The van der Waals surface area contributed by atoms with Crippen LogP contribution in [0.15, 0.2) is 18.2 Å². The summed E-state index contributed by atoms with van der Waals surface area (Å²) in [4.78, 5) is 16.8. The molecule has 1 unspecified atom stereocenters. The van der Waals surface area contributed by atoms with Crippen molar-refractivity contribution in [2.24, 2.45) is 0 Å². The van der Waals surface area contributed by atoms with Crippen molar-refractivity contribution in [1.82, 2.24) is 15.1 Å². The van der Waals surface area contributed by atoms with Crippen molar-refractivity contribution in [3.8, 4) is 0 Å². The Morgan fingerprint density at radius 3 is 2.71 bits per heavy atom. The van der Waals surface area contributed by atoms with Gasteiger partial charge in [0.1, 0.15) is 5.82 Å². The highest BCUT2D eigenvalue weighted by Gasteiger charge is 2.26. The van der Waals surface area contributed by atoms with Crippen LogP contribution in [-0.4, -0.2) is 67.6 Å². The number of halogens is 3. The van der Waals surface area contributed by atoms with Gasteiger partial charge in [0.25, 0.3) is 0 Å². The van der Waals surface area contributed by atoms with Crippen LogP contribution in [0, 0.1) is 5.82 Å². The normalized spacial score (nSPS) is 22.2. The maximum absolute atomic E-state index is 13.1. The van der Waals surface area contributed by atoms with E-state index < -0.39 is 5.82 Å². The van der Waals surface area contributed by atoms with E-state index in [0.29, 0.717) is 18.3 Å². The van der Waals surface area contributed by atoms with Gasteiger partial charge < -0.3 is 10.6 Å². The zero-order valence-electron chi connectivity index (χ0n) is 13.4. The highest BCUT2D eigenvalue weighted by molar-refractivity contribution is 6.31. The number of piperazine rings is 1. The Morgan fingerprint density at radius 2 is 2.08 bits per heavy atom. The van der Waals surface area contributed by atoms with Crippen LogP contribution in [0.4, 0.5) is 10.1 Å². The summed E-state index contributed by atoms with van der Waals surface area (Å²) in [6.07, 6.45) is 1.21. The van der Waals surface area contributed by atoms with Crippen LogP contribution >= 0.6 is 24.0 Å². The lowest BCUT2D eigenvalue weighted by Crippen LogP contribution is -2.52. The molecule has 3 rings (SSSR count). The van der Waals surface area contributed by atoms with Crippen LogP contribution in [0.25, 0.3) is 0 Å². The van der Waals surface area contributed by atoms with E-state index in [-0.39, 0.29) is 23.3 Å². The summed E-state index contributed by atoms with van der Waals surface area (Å²) in [6, 6.07) is 4.85. The van der Waals surface area contributed by atoms with Crippen LogP contribution in [0.5, 0.6) is 0 Å². The molecule has 2 aliphatic rings. The van der Waals surface area contributed by atoms with Gasteiger partial charge in [0.15, 0.2) is 0 Å². The van der Waals surface area contributed by atoms with E-state index in [1.807, 2.05) is 0 Å². The highest BCUT2D eigenvalue weighted by Crippen LogP contribution is 2.19. The molecular formula is C16H23Cl2FN4O. The van der Waals surface area contributed by atoms with Gasteiger partial charge in [0.05, 0.1) is 11.6 Å². The lowest BCUT2D eigenvalue weighted by Gasteiger charge is -2.37. The number of hydrogen-bond acceptors (Lipinski definition) is 4. The smallest absolute Gasteiger partial charge is 0.238 e. The Kier molecular flexibility index (Phi) is 7.25. The molecule has 2 aliphatic heterocycles. The van der Waals surface area contributed by atoms with Crippen molar-refractivity contribution in [3.63, 3.8) is 0 Å². The number of carbonyl (C=O) groups excluding carboxylic acids is 1. The fraction of sp³-hybridized carbons (Fsp3) is 0.562. The van der Waals surface area contributed by atoms with Gasteiger partial charge in [-0.1, -0.05) is 11.6 Å². The molecule has 1 amide bonds. The van der Waals surface area contributed by atoms with Crippen molar-refractivity contribution in [1.29, 1.82) is 0 Å². The third-order valence-electron chi connectivity index (χ3n) is 4.53. The van der Waals surface area contributed by atoms with Gasteiger partial charge in [-0.25, -0.2) is 4.39 Å². The Hall–Kier alpha value is -0.920. The van der Waals surface area contributed by atoms with Crippen LogP contribution in [0.2, 0.25) is 5.02 Å². The lowest BCUT2D eigenvalue weighted by atomic mass is 10.2. The first-order valence-corrected chi connectivity index (χ1v) is 8.41. The van der Waals surface area contributed by atoms with E-state index in [1.165, 1.54) is 24.6 Å². The molecule has 2 heterocycles. The van der Waals surface area contributed by atoms with Gasteiger partial charge in [0, 0.05) is 44.5 Å². The van der Waals surface area contributed by atoms with Gasteiger partial charge in [-0.15, -0.1) is 12.4 Å². The molecule has 0 aliphatic carbocycles. The number of rotatable bonds is 4. The predicted molar refractivity (Wildman–Crippen MR) is 96.6 cm³/mol. The van der Waals surface area contributed by atoms with Crippen molar-refractivity contribution >= 4 is 35.6 Å². The van der Waals surface area contributed by atoms with Crippen LogP contribution in [0.1, 0.15) is 6.42 Å². The zero-order chi connectivity index (χ0) is 16.2. The monoisotopic (exact) mass is 376 g/mol. The molecule has 0 radical (unpaired) electrons. The fourth-order valence-electron chi connectivity index (χ4n) is 3.22. The minimum Gasteiger partial charge on any atom is -0.325 e. The highest BCUT2D eigenvalue weighted by atomic mass is 35.5. The number of nitrogens with one attached hydrogen (secondary N) is 2. The average molecular weight is 377 g/mol. The number of nitrogens with zero attached hydrogens (tertiary/aromatic N) is 2. The maximum atomic E-state index is 13.1. The molecular weight excluding hydrogens is 354 g/mol. The molecule has 2 fully saturated rings. The van der Waals surface area contributed by atoms with Crippen LogP contribution < -0.4 is 10.6 Å². The molecule has 8 heteroatoms. The maximum Gasteiger partial charge on any atom is 0.238 e. The topological polar surface area (TPSA) is 47.6 Å². The second kappa shape index (κ2) is 8.97. The third-order valence-corrected chi connectivity index (χ3v) is 4.82. The Balaban J connectivity index is 0.00000208. The molecule has 0 saturated carbocycles. The molecule has 0 spiro atoms. The summed E-state index contributed by atoms with van der Waals surface area (Å²) in [5.74, 6) is -0.578. The van der Waals surface area contributed by atoms with Gasteiger partial charge in [-0.2, -0.15) is 0 Å². The van der Waals surface area contributed by atoms with Crippen molar-refractivity contribution in [3.05, 3.63) is 29.0 Å². The number of anilines is 1. The first kappa shape index (κ1) is 19.4. The Morgan fingerprint density at radius 1 is 1.33 bits per heavy atom. The second-order valence-electron chi connectivity index (χ2n) is 6.14. The largest absolute Gasteiger partial charge is 0.325 e. The van der Waals surface area contributed by atoms with E-state index in [1.54, 1.807) is 0 Å². The first-order valence-electron chi connectivity index (χ1n) is 8.04. The van der Waals surface area contributed by atoms with Gasteiger partial charge in [0.2, 0.25) is 5.91 Å². The van der Waals surface area contributed by atoms with Gasteiger partial charge in [-0.3, -0.25) is 14.6 Å². The van der Waals surface area contributed by atoms with E-state index in [0.717, 1.165) is 39.3 Å².